The maximum atomic E-state index is 12.7. The second-order valence-corrected chi connectivity index (χ2v) is 7.37. The first kappa shape index (κ1) is 14.3. The van der Waals surface area contributed by atoms with Crippen LogP contribution in [0.25, 0.3) is 0 Å². The number of nitrogens with zero attached hydrogens (tertiary/aromatic N) is 1. The van der Waals surface area contributed by atoms with E-state index in [1.54, 1.807) is 11.2 Å². The molecule has 1 aliphatic rings. The summed E-state index contributed by atoms with van der Waals surface area (Å²) in [6.07, 6.45) is 0.795. The molecule has 0 fully saturated rings. The molecule has 1 N–H and O–H groups in total. The fourth-order valence-electron chi connectivity index (χ4n) is 2.57. The summed E-state index contributed by atoms with van der Waals surface area (Å²) in [4.78, 5) is 0. The van der Waals surface area contributed by atoms with Gasteiger partial charge in [-0.15, -0.1) is 0 Å². The van der Waals surface area contributed by atoms with Crippen molar-refractivity contribution in [2.45, 2.75) is 38.5 Å². The molecule has 1 aliphatic heterocycles. The molecule has 2 atom stereocenters. The Balaban J connectivity index is 2.30. The highest BCUT2D eigenvalue weighted by molar-refractivity contribution is 7.93. The van der Waals surface area contributed by atoms with E-state index in [1.165, 1.54) is 0 Å². The maximum Gasteiger partial charge on any atom is 0.239 e. The number of rotatable bonds is 5. The Hall–Kier alpha value is -1.07. The zero-order chi connectivity index (χ0) is 14.0. The molecule has 1 heterocycles. The number of hydrogen-bond acceptors (Lipinski definition) is 3. The standard InChI is InChI=1S/C14H22N2O2S/c1-4-15-10-12(3)19(17,18)16-11(2)9-13-7-5-6-8-14(13)16/h5-8,11-12,15H,4,9-10H2,1-3H3. The van der Waals surface area contributed by atoms with E-state index in [4.69, 9.17) is 0 Å². The molecule has 19 heavy (non-hydrogen) atoms. The summed E-state index contributed by atoms with van der Waals surface area (Å²) in [5.74, 6) is 0. The van der Waals surface area contributed by atoms with Crippen LogP contribution in [0.5, 0.6) is 0 Å². The molecule has 1 aromatic carbocycles. The first-order valence-electron chi connectivity index (χ1n) is 6.80. The van der Waals surface area contributed by atoms with Gasteiger partial charge in [0, 0.05) is 12.6 Å². The summed E-state index contributed by atoms with van der Waals surface area (Å²) in [6.45, 7) is 6.99. The van der Waals surface area contributed by atoms with E-state index in [2.05, 4.69) is 5.32 Å². The van der Waals surface area contributed by atoms with Gasteiger partial charge in [0.15, 0.2) is 0 Å². The number of nitrogens with one attached hydrogen (secondary N) is 1. The summed E-state index contributed by atoms with van der Waals surface area (Å²) in [5, 5.41) is 2.69. The highest BCUT2D eigenvalue weighted by atomic mass is 32.2. The quantitative estimate of drug-likeness (QED) is 0.895. The van der Waals surface area contributed by atoms with Crippen molar-refractivity contribution in [3.05, 3.63) is 29.8 Å². The van der Waals surface area contributed by atoms with Gasteiger partial charge in [0.25, 0.3) is 0 Å². The first-order valence-corrected chi connectivity index (χ1v) is 8.30. The Morgan fingerprint density at radius 1 is 1.42 bits per heavy atom. The van der Waals surface area contributed by atoms with Gasteiger partial charge in [0.2, 0.25) is 10.0 Å². The lowest BCUT2D eigenvalue weighted by Gasteiger charge is -2.28. The second kappa shape index (κ2) is 5.51. The molecule has 0 aromatic heterocycles. The third-order valence-electron chi connectivity index (χ3n) is 3.61. The van der Waals surface area contributed by atoms with Crippen molar-refractivity contribution >= 4 is 15.7 Å². The van der Waals surface area contributed by atoms with Crippen molar-refractivity contribution in [3.63, 3.8) is 0 Å². The number of benzene rings is 1. The topological polar surface area (TPSA) is 49.4 Å². The Labute approximate surface area is 115 Å². The number of hydrogen-bond donors (Lipinski definition) is 1. The third kappa shape index (κ3) is 2.62. The van der Waals surface area contributed by atoms with Crippen LogP contribution in [-0.4, -0.2) is 32.8 Å². The van der Waals surface area contributed by atoms with Crippen molar-refractivity contribution in [2.75, 3.05) is 17.4 Å². The smallest absolute Gasteiger partial charge is 0.239 e. The molecular weight excluding hydrogens is 260 g/mol. The lowest BCUT2D eigenvalue weighted by atomic mass is 10.1. The van der Waals surface area contributed by atoms with Crippen molar-refractivity contribution in [1.29, 1.82) is 0 Å². The molecule has 4 nitrogen and oxygen atoms in total. The van der Waals surface area contributed by atoms with E-state index in [-0.39, 0.29) is 6.04 Å². The lowest BCUT2D eigenvalue weighted by molar-refractivity contribution is 0.563. The molecule has 0 saturated carbocycles. The SMILES string of the molecule is CCNCC(C)S(=O)(=O)N1c2ccccc2CC1C. The molecule has 5 heteroatoms. The second-order valence-electron chi connectivity index (χ2n) is 5.14. The largest absolute Gasteiger partial charge is 0.316 e. The Morgan fingerprint density at radius 2 is 2.11 bits per heavy atom. The molecule has 0 saturated heterocycles. The Kier molecular flexibility index (Phi) is 4.16. The van der Waals surface area contributed by atoms with E-state index in [0.717, 1.165) is 24.2 Å². The Bertz CT molecular complexity index is 542. The minimum absolute atomic E-state index is 0.00600. The van der Waals surface area contributed by atoms with Gasteiger partial charge in [-0.05, 0) is 38.4 Å². The third-order valence-corrected chi connectivity index (χ3v) is 5.90. The molecule has 0 amide bonds. The minimum atomic E-state index is -3.30. The molecule has 1 aromatic rings. The van der Waals surface area contributed by atoms with Crippen molar-refractivity contribution in [3.8, 4) is 0 Å². The lowest BCUT2D eigenvalue weighted by Crippen LogP contribution is -2.44. The Morgan fingerprint density at radius 3 is 2.79 bits per heavy atom. The van der Waals surface area contributed by atoms with Crippen LogP contribution in [0.2, 0.25) is 0 Å². The molecule has 0 spiro atoms. The van der Waals surface area contributed by atoms with Crippen LogP contribution in [-0.2, 0) is 16.4 Å². The predicted octanol–water partition coefficient (Wildman–Crippen LogP) is 1.77. The summed E-state index contributed by atoms with van der Waals surface area (Å²) in [7, 11) is -3.30. The molecule has 0 bridgehead atoms. The van der Waals surface area contributed by atoms with Crippen LogP contribution in [0.4, 0.5) is 5.69 Å². The van der Waals surface area contributed by atoms with E-state index in [0.29, 0.717) is 6.54 Å². The predicted molar refractivity (Wildman–Crippen MR) is 79.0 cm³/mol. The number of sulfonamides is 1. The monoisotopic (exact) mass is 282 g/mol. The van der Waals surface area contributed by atoms with Crippen molar-refractivity contribution < 1.29 is 8.42 Å². The summed E-state index contributed by atoms with van der Waals surface area (Å²) in [5.41, 5.74) is 1.97. The summed E-state index contributed by atoms with van der Waals surface area (Å²) >= 11 is 0. The van der Waals surface area contributed by atoms with Crippen molar-refractivity contribution in [2.24, 2.45) is 0 Å². The van der Waals surface area contributed by atoms with Gasteiger partial charge in [0.05, 0.1) is 10.9 Å². The average molecular weight is 282 g/mol. The molecule has 0 radical (unpaired) electrons. The van der Waals surface area contributed by atoms with E-state index in [9.17, 15) is 8.42 Å². The minimum Gasteiger partial charge on any atom is -0.316 e. The zero-order valence-corrected chi connectivity index (χ0v) is 12.6. The van der Waals surface area contributed by atoms with E-state index in [1.807, 2.05) is 38.1 Å². The van der Waals surface area contributed by atoms with Gasteiger partial charge in [-0.1, -0.05) is 25.1 Å². The molecular formula is C14H22N2O2S. The first-order chi connectivity index (χ1) is 8.98. The van der Waals surface area contributed by atoms with Gasteiger partial charge >= 0.3 is 0 Å². The van der Waals surface area contributed by atoms with Crippen LogP contribution >= 0.6 is 0 Å². The van der Waals surface area contributed by atoms with E-state index >= 15 is 0 Å². The number of fused-ring (bicyclic) bond motifs is 1. The molecule has 2 rings (SSSR count). The van der Waals surface area contributed by atoms with Gasteiger partial charge in [0.1, 0.15) is 0 Å². The highest BCUT2D eigenvalue weighted by Crippen LogP contribution is 2.35. The van der Waals surface area contributed by atoms with Gasteiger partial charge < -0.3 is 5.32 Å². The van der Waals surface area contributed by atoms with Gasteiger partial charge in [-0.3, -0.25) is 4.31 Å². The average Bonchev–Trinajstić information content (AvgIpc) is 2.72. The van der Waals surface area contributed by atoms with Crippen LogP contribution in [0.1, 0.15) is 26.3 Å². The van der Waals surface area contributed by atoms with E-state index < -0.39 is 15.3 Å². The molecule has 2 unspecified atom stereocenters. The summed E-state index contributed by atoms with van der Waals surface area (Å²) < 4.78 is 27.0. The number of para-hydroxylation sites is 1. The zero-order valence-electron chi connectivity index (χ0n) is 11.8. The van der Waals surface area contributed by atoms with Gasteiger partial charge in [-0.2, -0.15) is 0 Å². The highest BCUT2D eigenvalue weighted by Gasteiger charge is 2.37. The molecule has 106 valence electrons. The van der Waals surface area contributed by atoms with Crippen LogP contribution < -0.4 is 9.62 Å². The fourth-order valence-corrected chi connectivity index (χ4v) is 4.32. The maximum absolute atomic E-state index is 12.7. The fraction of sp³-hybridized carbons (Fsp3) is 0.571. The van der Waals surface area contributed by atoms with Gasteiger partial charge in [-0.25, -0.2) is 8.42 Å². The number of anilines is 1. The van der Waals surface area contributed by atoms with Crippen molar-refractivity contribution in [1.82, 2.24) is 5.32 Å². The normalized spacial score (nSPS) is 20.4. The van der Waals surface area contributed by atoms with Crippen LogP contribution in [0, 0.1) is 0 Å². The van der Waals surface area contributed by atoms with Crippen LogP contribution in [0.3, 0.4) is 0 Å². The molecule has 0 aliphatic carbocycles. The van der Waals surface area contributed by atoms with Crippen LogP contribution in [0.15, 0.2) is 24.3 Å². The summed E-state index contributed by atoms with van der Waals surface area (Å²) in [6, 6.07) is 7.77.